The van der Waals surface area contributed by atoms with Gasteiger partial charge in [0.05, 0.1) is 13.2 Å². The summed E-state index contributed by atoms with van der Waals surface area (Å²) in [5.41, 5.74) is 0. The predicted molar refractivity (Wildman–Crippen MR) is 449 cm³/mol. The molecule has 0 aromatic rings. The minimum absolute atomic E-state index is 0.0168. The van der Waals surface area contributed by atoms with Crippen molar-refractivity contribution in [2.75, 3.05) is 26.4 Å². The molecular weight excluding hydrogens is 1510 g/mol. The monoisotopic (exact) mass is 1680 g/mol. The summed E-state index contributed by atoms with van der Waals surface area (Å²) >= 11 is 0. The van der Waals surface area contributed by atoms with Crippen molar-refractivity contribution >= 4 is 31.7 Å². The Morgan fingerprint density at radius 1 is 0.336 bits per heavy atom. The molecule has 1 saturated carbocycles. The third kappa shape index (κ3) is 49.3. The maximum Gasteiger partial charge on any atom is 0.472 e. The maximum absolute atomic E-state index is 14.9. The molecule has 0 aromatic heterocycles. The third-order valence-corrected chi connectivity index (χ3v) is 23.7. The van der Waals surface area contributed by atoms with E-state index in [4.69, 9.17) is 46.9 Å². The van der Waals surface area contributed by atoms with Crippen LogP contribution in [0.5, 0.6) is 0 Å². The van der Waals surface area contributed by atoms with Crippen molar-refractivity contribution in [2.45, 2.75) is 498 Å². The first-order valence-corrected chi connectivity index (χ1v) is 48.1. The summed E-state index contributed by atoms with van der Waals surface area (Å²) in [5.74, 6) is -2.98. The number of phosphoric ester groups is 1. The van der Waals surface area contributed by atoms with E-state index in [2.05, 4.69) is 52.0 Å². The van der Waals surface area contributed by atoms with Gasteiger partial charge in [-0.05, 0) is 77.0 Å². The Morgan fingerprint density at radius 3 is 1.04 bits per heavy atom. The number of carbonyl (C=O) groups excluding carboxylic acids is 4. The van der Waals surface area contributed by atoms with Gasteiger partial charge in [0.25, 0.3) is 0 Å². The van der Waals surface area contributed by atoms with Crippen LogP contribution in [0.4, 0.5) is 0 Å². The lowest BCUT2D eigenvalue weighted by atomic mass is 9.84. The van der Waals surface area contributed by atoms with E-state index in [9.17, 15) is 74.6 Å². The summed E-state index contributed by atoms with van der Waals surface area (Å²) in [7, 11) is -5.81. The van der Waals surface area contributed by atoms with Crippen molar-refractivity contribution < 1.29 is 122 Å². The Balaban J connectivity index is 1.93. The fraction of sp³-hybridized carbons (Fsp3) is 0.911. The van der Waals surface area contributed by atoms with Crippen LogP contribution in [0, 0.1) is 0 Å². The number of allylic oxidation sites excluding steroid dienone is 4. The number of phosphoric acid groups is 1. The van der Waals surface area contributed by atoms with Gasteiger partial charge >= 0.3 is 31.7 Å². The zero-order chi connectivity index (χ0) is 84.7. The average molecular weight is 1680 g/mol. The Hall–Kier alpha value is -3.05. The highest BCUT2D eigenvalue weighted by Gasteiger charge is 2.60. The van der Waals surface area contributed by atoms with Crippen LogP contribution in [0.15, 0.2) is 24.3 Å². The predicted octanol–water partition coefficient (Wildman–Crippen LogP) is 16.9. The molecule has 1 aliphatic carbocycles. The van der Waals surface area contributed by atoms with Crippen LogP contribution >= 0.6 is 7.82 Å². The Bertz CT molecular complexity index is 2510. The van der Waals surface area contributed by atoms with Crippen LogP contribution in [0.2, 0.25) is 0 Å². The fourth-order valence-corrected chi connectivity index (χ4v) is 16.2. The molecule has 0 aromatic carbocycles. The van der Waals surface area contributed by atoms with Gasteiger partial charge < -0.3 is 88.7 Å². The molecular formula is C90H165O25P. The van der Waals surface area contributed by atoms with Gasteiger partial charge in [0, 0.05) is 25.7 Å². The number of hydrogen-bond acceptors (Lipinski definition) is 24. The molecule has 116 heavy (non-hydrogen) atoms. The number of hydrogen-bond donors (Lipinski definition) is 10. The van der Waals surface area contributed by atoms with Gasteiger partial charge in [0.2, 0.25) is 0 Å². The van der Waals surface area contributed by atoms with Crippen molar-refractivity contribution in [3.05, 3.63) is 24.3 Å². The number of unbranched alkanes of at least 4 members (excludes halogenated alkanes) is 47. The molecule has 2 aliphatic heterocycles. The molecule has 18 atom stereocenters. The summed E-state index contributed by atoms with van der Waals surface area (Å²) in [4.78, 5) is 66.4. The molecule has 0 spiro atoms. The zero-order valence-corrected chi connectivity index (χ0v) is 73.2. The van der Waals surface area contributed by atoms with Crippen molar-refractivity contribution in [3.8, 4) is 0 Å². The SMILES string of the molecule is CCCCCC/C=C\CCCCCCCCCC(=O)OCC(COP(=O)(O)OC1C(OC2OC(CO)C(O)C(O)C2O)C(O)C(O)C(OC(=O)CCCCCCCCCCCCCCCCCC)C1OC1OC(COC(=O)CCCCCCCCCCCCCCC)C(O)C(O)C1O)OC(=O)CCCCC/C=C\CCCCCCCC. The number of aliphatic hydroxyl groups excluding tert-OH is 9. The molecule has 0 radical (unpaired) electrons. The molecule has 2 saturated heterocycles. The van der Waals surface area contributed by atoms with Crippen molar-refractivity contribution in [1.82, 2.24) is 0 Å². The number of ether oxygens (including phenoxy) is 8. The van der Waals surface area contributed by atoms with E-state index in [1.54, 1.807) is 0 Å². The Morgan fingerprint density at radius 2 is 0.647 bits per heavy atom. The minimum atomic E-state index is -5.81. The first-order chi connectivity index (χ1) is 56.2. The largest absolute Gasteiger partial charge is 0.472 e. The van der Waals surface area contributed by atoms with Crippen molar-refractivity contribution in [2.24, 2.45) is 0 Å². The van der Waals surface area contributed by atoms with Crippen molar-refractivity contribution in [1.29, 1.82) is 0 Å². The maximum atomic E-state index is 14.9. The lowest BCUT2D eigenvalue weighted by Gasteiger charge is -2.50. The second kappa shape index (κ2) is 69.4. The number of carbonyl (C=O) groups is 4. The molecule has 26 heteroatoms. The molecule has 25 nitrogen and oxygen atoms in total. The number of rotatable bonds is 75. The van der Waals surface area contributed by atoms with E-state index in [1.165, 1.54) is 161 Å². The second-order valence-corrected chi connectivity index (χ2v) is 34.6. The second-order valence-electron chi connectivity index (χ2n) is 33.2. The van der Waals surface area contributed by atoms with E-state index in [0.29, 0.717) is 38.5 Å². The summed E-state index contributed by atoms with van der Waals surface area (Å²) in [6.07, 6.45) is 28.9. The molecule has 0 amide bonds. The van der Waals surface area contributed by atoms with Gasteiger partial charge in [-0.3, -0.25) is 28.2 Å². The van der Waals surface area contributed by atoms with Gasteiger partial charge in [-0.2, -0.15) is 0 Å². The highest BCUT2D eigenvalue weighted by Crippen LogP contribution is 2.49. The smallest absolute Gasteiger partial charge is 0.463 e. The fourth-order valence-electron chi connectivity index (χ4n) is 15.2. The van der Waals surface area contributed by atoms with Gasteiger partial charge in [-0.15, -0.1) is 0 Å². The van der Waals surface area contributed by atoms with Crippen LogP contribution in [-0.2, 0) is 70.7 Å². The number of esters is 4. The average Bonchev–Trinajstić information content (AvgIpc) is 0.754. The molecule has 3 aliphatic rings. The van der Waals surface area contributed by atoms with Crippen LogP contribution in [0.25, 0.3) is 0 Å². The standard InChI is InChI=1S/C90H165O25P/c1-5-9-13-17-21-25-29-33-35-37-41-45-49-53-57-61-65-76(95)112-85-81(100)82(101)86(113-89-83(102)79(98)77(96)71(66-91)110-89)88(87(85)114-90-84(103)80(99)78(97)72(111-90)69-107-74(93)63-59-55-51-47-42-38-31-27-23-19-15-11-7-3)115-116(104,105)108-68-70(109-75(94)64-60-56-52-48-44-39-32-28-24-20-16-12-8-4)67-106-73(92)62-58-54-50-46-43-40-36-34-30-26-22-18-14-10-6-2/h26,30,39,44,70-72,77-91,96-103H,5-25,27-29,31-38,40-43,45-69H2,1-4H3,(H,104,105)/b30-26-,44-39-. The molecule has 3 fully saturated rings. The normalized spacial score (nSPS) is 25.2. The van der Waals surface area contributed by atoms with E-state index in [1.807, 2.05) is 0 Å². The van der Waals surface area contributed by atoms with Crippen LogP contribution < -0.4 is 0 Å². The highest BCUT2D eigenvalue weighted by molar-refractivity contribution is 7.47. The van der Waals surface area contributed by atoms with Crippen molar-refractivity contribution in [3.63, 3.8) is 0 Å². The first kappa shape index (κ1) is 107. The lowest BCUT2D eigenvalue weighted by molar-refractivity contribution is -0.360. The summed E-state index contributed by atoms with van der Waals surface area (Å²) in [6.45, 7) is 5.56. The number of aliphatic hydroxyl groups is 9. The molecule has 0 bridgehead atoms. The van der Waals surface area contributed by atoms with Crippen LogP contribution in [-0.4, -0.2) is 205 Å². The van der Waals surface area contributed by atoms with Gasteiger partial charge in [0.1, 0.15) is 92.6 Å². The van der Waals surface area contributed by atoms with Crippen LogP contribution in [0.3, 0.4) is 0 Å². The molecule has 680 valence electrons. The first-order valence-electron chi connectivity index (χ1n) is 46.6. The molecule has 3 rings (SSSR count). The third-order valence-electron chi connectivity index (χ3n) is 22.7. The molecule has 2 heterocycles. The lowest BCUT2D eigenvalue weighted by Crippen LogP contribution is -2.70. The van der Waals surface area contributed by atoms with E-state index >= 15 is 0 Å². The van der Waals surface area contributed by atoms with E-state index in [0.717, 1.165) is 141 Å². The minimum Gasteiger partial charge on any atom is -0.463 e. The van der Waals surface area contributed by atoms with Crippen LogP contribution in [0.1, 0.15) is 394 Å². The Labute approximate surface area is 698 Å². The van der Waals surface area contributed by atoms with E-state index in [-0.39, 0.29) is 25.7 Å². The topological polar surface area (TPSA) is 380 Å². The highest BCUT2D eigenvalue weighted by atomic mass is 31.2. The van der Waals surface area contributed by atoms with Gasteiger partial charge in [0.15, 0.2) is 24.8 Å². The van der Waals surface area contributed by atoms with Gasteiger partial charge in [-0.1, -0.05) is 315 Å². The summed E-state index contributed by atoms with van der Waals surface area (Å²) < 4.78 is 73.4. The Kier molecular flexibility index (Phi) is 64.1. The summed E-state index contributed by atoms with van der Waals surface area (Å²) in [6, 6.07) is 0. The molecule has 10 N–H and O–H groups in total. The van der Waals surface area contributed by atoms with E-state index < -0.39 is 162 Å². The summed E-state index contributed by atoms with van der Waals surface area (Å²) in [5, 5.41) is 102. The molecule has 18 unspecified atom stereocenters. The quantitative estimate of drug-likeness (QED) is 0.00889. The zero-order valence-electron chi connectivity index (χ0n) is 72.3. The van der Waals surface area contributed by atoms with Gasteiger partial charge in [-0.25, -0.2) is 4.57 Å².